The highest BCUT2D eigenvalue weighted by Gasteiger charge is 2.21. The van der Waals surface area contributed by atoms with Crippen LogP contribution in [-0.2, 0) is 12.0 Å². The molecule has 21 heavy (non-hydrogen) atoms. The van der Waals surface area contributed by atoms with Gasteiger partial charge in [-0.3, -0.25) is 0 Å². The number of aryl methyl sites for hydroxylation is 1. The van der Waals surface area contributed by atoms with Gasteiger partial charge in [0.25, 0.3) is 0 Å². The molecule has 2 nitrogen and oxygen atoms in total. The van der Waals surface area contributed by atoms with Crippen LogP contribution in [0.5, 0.6) is 5.75 Å². The molecule has 0 radical (unpaired) electrons. The lowest BCUT2D eigenvalue weighted by molar-refractivity contribution is 0.295. The highest BCUT2D eigenvalue weighted by molar-refractivity contribution is 9.10. The van der Waals surface area contributed by atoms with Gasteiger partial charge in [0.05, 0.1) is 4.47 Å². The second-order valence-corrected chi connectivity index (χ2v) is 7.26. The van der Waals surface area contributed by atoms with Gasteiger partial charge in [0.2, 0.25) is 0 Å². The Balaban J connectivity index is 2.29. The Kier molecular flexibility index (Phi) is 4.62. The first-order chi connectivity index (χ1) is 9.77. The van der Waals surface area contributed by atoms with Crippen molar-refractivity contribution in [3.05, 3.63) is 57.6 Å². The number of nitrogen functional groups attached to an aromatic ring is 1. The molecule has 2 rings (SSSR count). The Bertz CT molecular complexity index is 627. The number of ether oxygens (including phenoxy) is 1. The number of hydrogen-bond acceptors (Lipinski definition) is 2. The Morgan fingerprint density at radius 1 is 1.10 bits per heavy atom. The topological polar surface area (TPSA) is 35.2 Å². The smallest absolute Gasteiger partial charge is 0.137 e. The number of benzene rings is 2. The van der Waals surface area contributed by atoms with E-state index in [4.69, 9.17) is 10.5 Å². The predicted octanol–water partition coefficient (Wildman–Crippen LogP) is 5.22. The fourth-order valence-electron chi connectivity index (χ4n) is 2.20. The molecule has 0 aliphatic carbocycles. The van der Waals surface area contributed by atoms with Crippen LogP contribution in [0.1, 0.15) is 37.5 Å². The predicted molar refractivity (Wildman–Crippen MR) is 92.8 cm³/mol. The van der Waals surface area contributed by atoms with Gasteiger partial charge >= 0.3 is 0 Å². The highest BCUT2D eigenvalue weighted by atomic mass is 79.9. The van der Waals surface area contributed by atoms with Crippen LogP contribution < -0.4 is 10.5 Å². The summed E-state index contributed by atoms with van der Waals surface area (Å²) in [4.78, 5) is 0. The first-order valence-corrected chi connectivity index (χ1v) is 7.84. The third-order valence-corrected chi connectivity index (χ3v) is 3.95. The van der Waals surface area contributed by atoms with Crippen molar-refractivity contribution < 1.29 is 4.74 Å². The van der Waals surface area contributed by atoms with Gasteiger partial charge in [-0.1, -0.05) is 39.0 Å². The van der Waals surface area contributed by atoms with Gasteiger partial charge in [0, 0.05) is 11.3 Å². The Labute approximate surface area is 135 Å². The average Bonchev–Trinajstić information content (AvgIpc) is 2.38. The number of anilines is 1. The van der Waals surface area contributed by atoms with Gasteiger partial charge in [-0.25, -0.2) is 0 Å². The SMILES string of the molecule is Cc1cc(Br)c(OCc2ccc(N)cc2)c(C(C)(C)C)c1. The van der Waals surface area contributed by atoms with Crippen LogP contribution in [-0.4, -0.2) is 0 Å². The summed E-state index contributed by atoms with van der Waals surface area (Å²) in [7, 11) is 0. The van der Waals surface area contributed by atoms with Crippen molar-refractivity contribution >= 4 is 21.6 Å². The molecule has 0 aliphatic heterocycles. The number of halogens is 1. The molecule has 112 valence electrons. The summed E-state index contributed by atoms with van der Waals surface area (Å²) < 4.78 is 7.09. The molecule has 0 saturated carbocycles. The number of hydrogen-bond donors (Lipinski definition) is 1. The van der Waals surface area contributed by atoms with Crippen molar-refractivity contribution in [1.29, 1.82) is 0 Å². The summed E-state index contributed by atoms with van der Waals surface area (Å²) >= 11 is 3.63. The maximum atomic E-state index is 6.09. The van der Waals surface area contributed by atoms with Crippen LogP contribution in [0.25, 0.3) is 0 Å². The van der Waals surface area contributed by atoms with Crippen LogP contribution >= 0.6 is 15.9 Å². The van der Waals surface area contributed by atoms with Gasteiger partial charge in [0.15, 0.2) is 0 Å². The summed E-state index contributed by atoms with van der Waals surface area (Å²) in [6.45, 7) is 9.23. The molecule has 0 heterocycles. The van der Waals surface area contributed by atoms with Crippen LogP contribution in [0, 0.1) is 6.92 Å². The molecule has 2 aromatic rings. The first kappa shape index (κ1) is 15.9. The largest absolute Gasteiger partial charge is 0.487 e. The van der Waals surface area contributed by atoms with Crippen molar-refractivity contribution in [2.45, 2.75) is 39.7 Å². The van der Waals surface area contributed by atoms with Crippen molar-refractivity contribution in [3.63, 3.8) is 0 Å². The van der Waals surface area contributed by atoms with Gasteiger partial charge in [-0.15, -0.1) is 0 Å². The number of nitrogens with two attached hydrogens (primary N) is 1. The van der Waals surface area contributed by atoms with Crippen molar-refractivity contribution in [1.82, 2.24) is 0 Å². The minimum absolute atomic E-state index is 0.0327. The summed E-state index contributed by atoms with van der Waals surface area (Å²) in [5.41, 5.74) is 10.1. The van der Waals surface area contributed by atoms with E-state index in [0.29, 0.717) is 6.61 Å². The highest BCUT2D eigenvalue weighted by Crippen LogP contribution is 2.38. The van der Waals surface area contributed by atoms with Crippen LogP contribution in [0.4, 0.5) is 5.69 Å². The van der Waals surface area contributed by atoms with E-state index in [9.17, 15) is 0 Å². The Morgan fingerprint density at radius 3 is 2.29 bits per heavy atom. The molecule has 2 aromatic carbocycles. The standard InChI is InChI=1S/C18H22BrNO/c1-12-9-15(18(2,3)4)17(16(19)10-12)21-11-13-5-7-14(20)8-6-13/h5-10H,11,20H2,1-4H3. The molecule has 0 aliphatic rings. The maximum absolute atomic E-state index is 6.09. The lowest BCUT2D eigenvalue weighted by atomic mass is 9.85. The van der Waals surface area contributed by atoms with E-state index < -0.39 is 0 Å². The summed E-state index contributed by atoms with van der Waals surface area (Å²) in [6, 6.07) is 12.1. The lowest BCUT2D eigenvalue weighted by Gasteiger charge is -2.24. The number of rotatable bonds is 3. The van der Waals surface area contributed by atoms with E-state index in [1.807, 2.05) is 24.3 Å². The van der Waals surface area contributed by atoms with Gasteiger partial charge in [-0.05, 0) is 57.6 Å². The summed E-state index contributed by atoms with van der Waals surface area (Å²) in [6.07, 6.45) is 0. The molecule has 0 bridgehead atoms. The lowest BCUT2D eigenvalue weighted by Crippen LogP contribution is -2.14. The molecule has 0 unspecified atom stereocenters. The molecule has 0 spiro atoms. The monoisotopic (exact) mass is 347 g/mol. The van der Waals surface area contributed by atoms with Gasteiger partial charge in [0.1, 0.15) is 12.4 Å². The van der Waals surface area contributed by atoms with Crippen molar-refractivity contribution in [2.24, 2.45) is 0 Å². The molecule has 0 amide bonds. The van der Waals surface area contributed by atoms with Gasteiger partial charge in [-0.2, -0.15) is 0 Å². The van der Waals surface area contributed by atoms with Gasteiger partial charge < -0.3 is 10.5 Å². The third-order valence-electron chi connectivity index (χ3n) is 3.36. The maximum Gasteiger partial charge on any atom is 0.137 e. The fourth-order valence-corrected chi connectivity index (χ4v) is 2.89. The summed E-state index contributed by atoms with van der Waals surface area (Å²) in [5.74, 6) is 0.921. The molecular weight excluding hydrogens is 326 g/mol. The van der Waals surface area contributed by atoms with Crippen LogP contribution in [0.2, 0.25) is 0 Å². The first-order valence-electron chi connectivity index (χ1n) is 7.05. The second kappa shape index (κ2) is 6.10. The zero-order chi connectivity index (χ0) is 15.6. The molecular formula is C18H22BrNO. The Hall–Kier alpha value is -1.48. The fraction of sp³-hybridized carbons (Fsp3) is 0.333. The molecule has 0 saturated heterocycles. The van der Waals surface area contributed by atoms with Crippen LogP contribution in [0.3, 0.4) is 0 Å². The van der Waals surface area contributed by atoms with Crippen molar-refractivity contribution in [2.75, 3.05) is 5.73 Å². The second-order valence-electron chi connectivity index (χ2n) is 6.40. The minimum Gasteiger partial charge on any atom is -0.487 e. The van der Waals surface area contributed by atoms with E-state index in [1.54, 1.807) is 0 Å². The summed E-state index contributed by atoms with van der Waals surface area (Å²) in [5, 5.41) is 0. The van der Waals surface area contributed by atoms with E-state index in [0.717, 1.165) is 21.5 Å². The average molecular weight is 348 g/mol. The molecule has 0 atom stereocenters. The van der Waals surface area contributed by atoms with E-state index in [2.05, 4.69) is 55.8 Å². The quantitative estimate of drug-likeness (QED) is 0.772. The molecule has 0 fully saturated rings. The zero-order valence-electron chi connectivity index (χ0n) is 13.0. The normalized spacial score (nSPS) is 11.5. The van der Waals surface area contributed by atoms with E-state index >= 15 is 0 Å². The van der Waals surface area contributed by atoms with Crippen molar-refractivity contribution in [3.8, 4) is 5.75 Å². The molecule has 3 heteroatoms. The Morgan fingerprint density at radius 2 is 1.71 bits per heavy atom. The minimum atomic E-state index is 0.0327. The van der Waals surface area contributed by atoms with E-state index in [1.165, 1.54) is 11.1 Å². The molecule has 2 N–H and O–H groups in total. The zero-order valence-corrected chi connectivity index (χ0v) is 14.6. The molecule has 0 aromatic heterocycles. The van der Waals surface area contributed by atoms with E-state index in [-0.39, 0.29) is 5.41 Å². The van der Waals surface area contributed by atoms with Crippen LogP contribution in [0.15, 0.2) is 40.9 Å². The third kappa shape index (κ3) is 4.01.